The van der Waals surface area contributed by atoms with Gasteiger partial charge in [-0.05, 0) is 50.4 Å². The minimum atomic E-state index is -2.84. The molecule has 242 valence electrons. The van der Waals surface area contributed by atoms with Crippen LogP contribution in [0.15, 0.2) is 35.1 Å². The summed E-state index contributed by atoms with van der Waals surface area (Å²) < 4.78 is 5.93. The van der Waals surface area contributed by atoms with Crippen molar-refractivity contribution >= 4 is 41.0 Å². The number of aliphatic hydroxyl groups excluding tert-OH is 2. The van der Waals surface area contributed by atoms with Crippen LogP contribution in [0, 0.1) is 11.8 Å². The van der Waals surface area contributed by atoms with Crippen LogP contribution >= 0.6 is 11.8 Å². The summed E-state index contributed by atoms with van der Waals surface area (Å²) in [4.78, 5) is 56.1. The van der Waals surface area contributed by atoms with E-state index < -0.39 is 76.4 Å². The van der Waals surface area contributed by atoms with Crippen molar-refractivity contribution in [1.29, 1.82) is 0 Å². The van der Waals surface area contributed by atoms with Gasteiger partial charge in [-0.15, -0.1) is 0 Å². The number of ketones is 2. The number of phenolic OH excluding ortho intramolecular Hbond substituents is 1. The largest absolute Gasteiger partial charge is 0.508 e. The number of aromatic hydroxyl groups is 1. The first-order valence-electron chi connectivity index (χ1n) is 15.9. The number of hydrogen-bond acceptors (Lipinski definition) is 11. The zero-order valence-electron chi connectivity index (χ0n) is 25.3. The highest BCUT2D eigenvalue weighted by atomic mass is 32.2. The number of amides is 1. The summed E-state index contributed by atoms with van der Waals surface area (Å²) >= 11 is 1.71. The van der Waals surface area contributed by atoms with Crippen LogP contribution in [0.4, 0.5) is 0 Å². The van der Waals surface area contributed by atoms with Gasteiger partial charge in [0.25, 0.3) is 5.91 Å². The fraction of sp³-hybridized carbons (Fsp3) is 0.576. The maximum atomic E-state index is 14.5. The predicted molar refractivity (Wildman–Crippen MR) is 165 cm³/mol. The molecule has 1 aromatic rings. The molecule has 2 saturated carbocycles. The van der Waals surface area contributed by atoms with E-state index in [9.17, 15) is 39.6 Å². The minimum absolute atomic E-state index is 0.0356. The number of rotatable bonds is 8. The Bertz CT molecular complexity index is 1480. The Balaban J connectivity index is 1.47. The lowest BCUT2D eigenvalue weighted by Crippen LogP contribution is -2.65. The Morgan fingerprint density at radius 2 is 1.80 bits per heavy atom. The maximum absolute atomic E-state index is 14.5. The Hall–Kier alpha value is -3.35. The zero-order valence-corrected chi connectivity index (χ0v) is 26.1. The lowest BCUT2D eigenvalue weighted by atomic mass is 9.55. The third kappa shape index (κ3) is 5.34. The number of esters is 1. The number of fused-ring (bicyclic) bond motifs is 3. The Morgan fingerprint density at radius 3 is 2.49 bits per heavy atom. The number of likely N-dealkylation sites (tertiary alicyclic amines) is 1. The van der Waals surface area contributed by atoms with Gasteiger partial charge in [0.15, 0.2) is 11.4 Å². The maximum Gasteiger partial charge on any atom is 0.305 e. The summed E-state index contributed by atoms with van der Waals surface area (Å²) in [5.41, 5.74) is -3.26. The first-order chi connectivity index (χ1) is 21.6. The Morgan fingerprint density at radius 1 is 1.09 bits per heavy atom. The molecule has 1 aromatic carbocycles. The van der Waals surface area contributed by atoms with Gasteiger partial charge < -0.3 is 30.5 Å². The molecule has 1 heterocycles. The van der Waals surface area contributed by atoms with Crippen LogP contribution in [0.3, 0.4) is 0 Å². The molecule has 1 amide bonds. The Labute approximate surface area is 265 Å². The summed E-state index contributed by atoms with van der Waals surface area (Å²) in [6.07, 6.45) is 4.35. The number of hydrogen-bond donors (Lipinski definition) is 5. The van der Waals surface area contributed by atoms with Crippen molar-refractivity contribution in [2.24, 2.45) is 11.8 Å². The van der Waals surface area contributed by atoms with Gasteiger partial charge in [-0.25, -0.2) is 0 Å². The number of Topliss-reactive ketones (excluding diaryl/α,β-unsaturated/α-hetero) is 2. The van der Waals surface area contributed by atoms with Crippen molar-refractivity contribution < 1.29 is 44.3 Å². The third-order valence-electron chi connectivity index (χ3n) is 10.2. The molecular formula is C33H40N2O9S. The van der Waals surface area contributed by atoms with E-state index in [0.29, 0.717) is 16.6 Å². The number of nitrogens with zero attached hydrogens (tertiary/aromatic N) is 1. The molecular weight excluding hydrogens is 600 g/mol. The summed E-state index contributed by atoms with van der Waals surface area (Å²) in [6, 6.07) is 4.77. The first kappa shape index (κ1) is 31.6. The molecule has 0 bridgehead atoms. The van der Waals surface area contributed by atoms with E-state index in [1.807, 2.05) is 4.90 Å². The SMILES string of the molecule is CCC(=O)O[C@H]1[C@H]2C(=C(O)c3c(O)cccc3[C@@H]2CSC2CCCC2)C(=O)[C@]2(O)C(O)=C(C(=O)NCN3CCCC3)C(=O)C[C@H]12. The quantitative estimate of drug-likeness (QED) is 0.208. The number of carbonyl (C=O) groups is 4. The number of thioether (sulfide) groups is 1. The third-order valence-corrected chi connectivity index (χ3v) is 11.6. The molecule has 12 heteroatoms. The monoisotopic (exact) mass is 640 g/mol. The number of phenols is 1. The Kier molecular flexibility index (Phi) is 8.75. The van der Waals surface area contributed by atoms with E-state index in [1.54, 1.807) is 30.8 Å². The fourth-order valence-electron chi connectivity index (χ4n) is 7.82. The predicted octanol–water partition coefficient (Wildman–Crippen LogP) is 3.26. The lowest BCUT2D eigenvalue weighted by Gasteiger charge is -2.52. The molecule has 1 aliphatic heterocycles. The number of benzene rings is 1. The van der Waals surface area contributed by atoms with Crippen LogP contribution in [0.2, 0.25) is 0 Å². The molecule has 1 saturated heterocycles. The number of carbonyl (C=O) groups excluding carboxylic acids is 4. The number of aliphatic hydroxyl groups is 3. The van der Waals surface area contributed by atoms with E-state index in [0.717, 1.165) is 51.6 Å². The smallest absolute Gasteiger partial charge is 0.305 e. The van der Waals surface area contributed by atoms with Gasteiger partial charge in [0, 0.05) is 47.2 Å². The number of ether oxygens (including phenoxy) is 1. The number of nitrogens with one attached hydrogen (secondary N) is 1. The van der Waals surface area contributed by atoms with Crippen molar-refractivity contribution in [3.8, 4) is 5.75 Å². The fourth-order valence-corrected chi connectivity index (χ4v) is 9.36. The van der Waals surface area contributed by atoms with Gasteiger partial charge in [0.1, 0.15) is 28.9 Å². The normalized spacial score (nSPS) is 30.3. The van der Waals surface area contributed by atoms with Gasteiger partial charge in [0.05, 0.1) is 12.2 Å². The lowest BCUT2D eigenvalue weighted by molar-refractivity contribution is -0.178. The van der Waals surface area contributed by atoms with Crippen LogP contribution < -0.4 is 5.32 Å². The summed E-state index contributed by atoms with van der Waals surface area (Å²) in [5, 5.41) is 49.2. The van der Waals surface area contributed by atoms with Crippen molar-refractivity contribution in [1.82, 2.24) is 10.2 Å². The van der Waals surface area contributed by atoms with E-state index in [4.69, 9.17) is 4.74 Å². The van der Waals surface area contributed by atoms with Gasteiger partial charge in [-0.1, -0.05) is 31.9 Å². The van der Waals surface area contributed by atoms with E-state index >= 15 is 0 Å². The molecule has 0 spiro atoms. The van der Waals surface area contributed by atoms with E-state index in [1.165, 1.54) is 6.07 Å². The first-order valence-corrected chi connectivity index (χ1v) is 16.9. The molecule has 5 atom stereocenters. The molecule has 0 aromatic heterocycles. The van der Waals surface area contributed by atoms with Crippen LogP contribution in [0.5, 0.6) is 5.75 Å². The molecule has 4 aliphatic carbocycles. The molecule has 6 rings (SSSR count). The standard InChI is InChI=1S/C33H40N2O9S/c1-2-23(38)44-29-20-14-22(37)26(32(42)34-16-35-12-5-6-13-35)30(40)33(20,43)31(41)27-25(29)19(15-45-17-8-3-4-9-17)18-10-7-11-21(36)24(18)28(27)39/h7,10-11,17,19-20,25,29,36,39-40,43H,2-6,8-9,12-16H2,1H3,(H,34,42)/t19-,20+,25+,29+,33+/m0/s1. The van der Waals surface area contributed by atoms with Gasteiger partial charge in [-0.2, -0.15) is 11.8 Å². The van der Waals surface area contributed by atoms with Gasteiger partial charge in [-0.3, -0.25) is 24.1 Å². The summed E-state index contributed by atoms with van der Waals surface area (Å²) in [6.45, 7) is 3.24. The van der Waals surface area contributed by atoms with E-state index in [-0.39, 0.29) is 30.0 Å². The van der Waals surface area contributed by atoms with Gasteiger partial charge in [0.2, 0.25) is 5.78 Å². The second-order valence-electron chi connectivity index (χ2n) is 12.7. The van der Waals surface area contributed by atoms with Crippen molar-refractivity contribution in [3.63, 3.8) is 0 Å². The van der Waals surface area contributed by atoms with Crippen molar-refractivity contribution in [3.05, 3.63) is 46.2 Å². The van der Waals surface area contributed by atoms with Crippen LogP contribution in [-0.2, 0) is 23.9 Å². The second kappa shape index (κ2) is 12.4. The molecule has 5 aliphatic rings. The molecule has 3 fully saturated rings. The van der Waals surface area contributed by atoms with Crippen LogP contribution in [0.1, 0.15) is 75.3 Å². The highest BCUT2D eigenvalue weighted by Gasteiger charge is 2.66. The molecule has 5 N–H and O–H groups in total. The summed E-state index contributed by atoms with van der Waals surface area (Å²) in [5.74, 6) is -7.90. The average Bonchev–Trinajstić information content (AvgIpc) is 3.74. The molecule has 0 unspecified atom stereocenters. The van der Waals surface area contributed by atoms with Crippen LogP contribution in [-0.4, -0.2) is 91.2 Å². The van der Waals surface area contributed by atoms with E-state index in [2.05, 4.69) is 5.32 Å². The summed E-state index contributed by atoms with van der Waals surface area (Å²) in [7, 11) is 0. The topological polar surface area (TPSA) is 174 Å². The van der Waals surface area contributed by atoms with Crippen molar-refractivity contribution in [2.45, 2.75) is 81.2 Å². The second-order valence-corrected chi connectivity index (χ2v) is 14.1. The highest BCUT2D eigenvalue weighted by Crippen LogP contribution is 2.57. The molecule has 11 nitrogen and oxygen atoms in total. The molecule has 45 heavy (non-hydrogen) atoms. The highest BCUT2D eigenvalue weighted by molar-refractivity contribution is 7.99. The van der Waals surface area contributed by atoms with Crippen molar-refractivity contribution in [2.75, 3.05) is 25.5 Å². The van der Waals surface area contributed by atoms with Gasteiger partial charge >= 0.3 is 5.97 Å². The molecule has 0 radical (unpaired) electrons. The zero-order chi connectivity index (χ0) is 32.0. The van der Waals surface area contributed by atoms with Crippen LogP contribution in [0.25, 0.3) is 5.76 Å². The minimum Gasteiger partial charge on any atom is -0.508 e. The average molecular weight is 641 g/mol.